The molecule has 0 radical (unpaired) electrons. The first-order valence-corrected chi connectivity index (χ1v) is 9.82. The molecule has 1 fully saturated rings. The lowest BCUT2D eigenvalue weighted by molar-refractivity contribution is 0.192. The molecule has 1 aliphatic heterocycles. The quantitative estimate of drug-likeness (QED) is 0.326. The molecule has 3 rings (SSSR count). The van der Waals surface area contributed by atoms with Crippen molar-refractivity contribution in [2.24, 2.45) is 4.99 Å². The molecule has 2 aromatic carbocycles. The lowest BCUT2D eigenvalue weighted by Crippen LogP contribution is -2.50. The van der Waals surface area contributed by atoms with Gasteiger partial charge >= 0.3 is 0 Å². The second-order valence-electron chi connectivity index (χ2n) is 7.07. The van der Waals surface area contributed by atoms with Crippen molar-refractivity contribution in [1.82, 2.24) is 15.5 Å². The van der Waals surface area contributed by atoms with Crippen LogP contribution >= 0.6 is 24.0 Å². The molecule has 0 aliphatic carbocycles. The van der Waals surface area contributed by atoms with E-state index in [-0.39, 0.29) is 29.7 Å². The molecule has 0 amide bonds. The molecule has 1 aliphatic rings. The van der Waals surface area contributed by atoms with Crippen LogP contribution in [0.2, 0.25) is 0 Å². The molecular weight excluding hydrogens is 463 g/mol. The smallest absolute Gasteiger partial charge is 0.191 e. The number of benzene rings is 2. The molecule has 0 saturated carbocycles. The van der Waals surface area contributed by atoms with E-state index in [1.54, 1.807) is 12.1 Å². The van der Waals surface area contributed by atoms with E-state index in [0.717, 1.165) is 44.1 Å². The number of hydrogen-bond donors (Lipinski definition) is 3. The Hall–Kier alpha value is -1.80. The van der Waals surface area contributed by atoms with Crippen LogP contribution in [0.25, 0.3) is 0 Å². The number of guanidine groups is 1. The van der Waals surface area contributed by atoms with E-state index in [4.69, 9.17) is 4.99 Å². The maximum atomic E-state index is 9.61. The van der Waals surface area contributed by atoms with Crippen LogP contribution in [-0.4, -0.2) is 41.6 Å². The summed E-state index contributed by atoms with van der Waals surface area (Å²) >= 11 is 0. The predicted octanol–water partition coefficient (Wildman–Crippen LogP) is 3.73. The maximum Gasteiger partial charge on any atom is 0.191 e. The van der Waals surface area contributed by atoms with Crippen molar-refractivity contribution >= 4 is 29.9 Å². The fraction of sp³-hybridized carbons (Fsp3) is 0.409. The largest absolute Gasteiger partial charge is 0.508 e. The number of phenolic OH excluding ortho intramolecular Hbond substituents is 1. The maximum absolute atomic E-state index is 9.61. The lowest BCUT2D eigenvalue weighted by atomic mass is 10.0. The lowest BCUT2D eigenvalue weighted by Gasteiger charge is -2.34. The van der Waals surface area contributed by atoms with Gasteiger partial charge in [-0.1, -0.05) is 42.5 Å². The van der Waals surface area contributed by atoms with Gasteiger partial charge in [-0.25, -0.2) is 4.99 Å². The van der Waals surface area contributed by atoms with Gasteiger partial charge in [0.1, 0.15) is 5.75 Å². The molecule has 0 aromatic heterocycles. The Bertz CT molecular complexity index is 738. The van der Waals surface area contributed by atoms with Crippen LogP contribution in [-0.2, 0) is 13.1 Å². The highest BCUT2D eigenvalue weighted by atomic mass is 127. The molecule has 2 aromatic rings. The van der Waals surface area contributed by atoms with E-state index >= 15 is 0 Å². The molecule has 1 saturated heterocycles. The molecule has 0 spiro atoms. The standard InChI is InChI=1S/C22H30N4O.HI/c1-2-23-22(24-15-19-10-6-12-21(27)14-19)25-20-11-7-13-26(17-20)16-18-8-4-3-5-9-18;/h3-6,8-10,12,14,20,27H,2,7,11,13,15-17H2,1H3,(H2,23,24,25);1H. The second kappa shape index (κ2) is 11.9. The van der Waals surface area contributed by atoms with Crippen molar-refractivity contribution in [2.75, 3.05) is 19.6 Å². The Morgan fingerprint density at radius 1 is 1.14 bits per heavy atom. The normalized spacial score (nSPS) is 17.6. The summed E-state index contributed by atoms with van der Waals surface area (Å²) in [5, 5.41) is 16.5. The van der Waals surface area contributed by atoms with Gasteiger partial charge in [-0.2, -0.15) is 0 Å². The van der Waals surface area contributed by atoms with Crippen molar-refractivity contribution in [3.8, 4) is 5.75 Å². The van der Waals surface area contributed by atoms with Gasteiger partial charge in [0, 0.05) is 25.7 Å². The van der Waals surface area contributed by atoms with Crippen molar-refractivity contribution in [1.29, 1.82) is 0 Å². The molecule has 1 heterocycles. The Kier molecular flexibility index (Phi) is 9.57. The predicted molar refractivity (Wildman–Crippen MR) is 126 cm³/mol. The van der Waals surface area contributed by atoms with Gasteiger partial charge in [0.05, 0.1) is 6.54 Å². The minimum absolute atomic E-state index is 0. The number of likely N-dealkylation sites (tertiary alicyclic amines) is 1. The molecular formula is C22H31IN4O. The number of aliphatic imine (C=N–C) groups is 1. The van der Waals surface area contributed by atoms with Crippen LogP contribution in [0.1, 0.15) is 30.9 Å². The van der Waals surface area contributed by atoms with Crippen LogP contribution in [0, 0.1) is 0 Å². The van der Waals surface area contributed by atoms with E-state index in [0.29, 0.717) is 12.6 Å². The van der Waals surface area contributed by atoms with Crippen molar-refractivity contribution in [2.45, 2.75) is 38.9 Å². The molecule has 5 nitrogen and oxygen atoms in total. The van der Waals surface area contributed by atoms with E-state index in [2.05, 4.69) is 52.8 Å². The van der Waals surface area contributed by atoms with Gasteiger partial charge in [0.15, 0.2) is 5.96 Å². The highest BCUT2D eigenvalue weighted by Crippen LogP contribution is 2.14. The van der Waals surface area contributed by atoms with Crippen molar-refractivity contribution < 1.29 is 5.11 Å². The minimum atomic E-state index is 0. The Labute approximate surface area is 185 Å². The van der Waals surface area contributed by atoms with Gasteiger partial charge in [0.2, 0.25) is 0 Å². The topological polar surface area (TPSA) is 59.9 Å². The van der Waals surface area contributed by atoms with Gasteiger partial charge < -0.3 is 15.7 Å². The van der Waals surface area contributed by atoms with Gasteiger partial charge in [-0.15, -0.1) is 24.0 Å². The molecule has 1 atom stereocenters. The van der Waals surface area contributed by atoms with E-state index in [1.807, 2.05) is 12.1 Å². The van der Waals surface area contributed by atoms with E-state index in [1.165, 1.54) is 12.0 Å². The number of nitrogens with zero attached hydrogens (tertiary/aromatic N) is 2. The first kappa shape index (κ1) is 22.5. The summed E-state index contributed by atoms with van der Waals surface area (Å²) in [5.74, 6) is 1.12. The third-order valence-corrected chi connectivity index (χ3v) is 4.77. The average molecular weight is 494 g/mol. The zero-order valence-electron chi connectivity index (χ0n) is 16.5. The monoisotopic (exact) mass is 494 g/mol. The number of rotatable bonds is 6. The van der Waals surface area contributed by atoms with Crippen LogP contribution in [0.4, 0.5) is 0 Å². The summed E-state index contributed by atoms with van der Waals surface area (Å²) in [6.45, 7) is 6.61. The zero-order chi connectivity index (χ0) is 18.9. The molecule has 6 heteroatoms. The summed E-state index contributed by atoms with van der Waals surface area (Å²) in [4.78, 5) is 7.20. The third kappa shape index (κ3) is 7.31. The number of piperidine rings is 1. The number of halogens is 1. The van der Waals surface area contributed by atoms with Gasteiger partial charge in [-0.3, -0.25) is 4.90 Å². The van der Waals surface area contributed by atoms with Gasteiger partial charge in [-0.05, 0) is 49.6 Å². The molecule has 1 unspecified atom stereocenters. The zero-order valence-corrected chi connectivity index (χ0v) is 18.8. The molecule has 3 N–H and O–H groups in total. The highest BCUT2D eigenvalue weighted by Gasteiger charge is 2.20. The van der Waals surface area contributed by atoms with E-state index in [9.17, 15) is 5.11 Å². The first-order valence-electron chi connectivity index (χ1n) is 9.82. The SMILES string of the molecule is CCNC(=NCc1cccc(O)c1)NC1CCCN(Cc2ccccc2)C1.I. The average Bonchev–Trinajstić information content (AvgIpc) is 2.67. The van der Waals surface area contributed by atoms with Crippen LogP contribution in [0.15, 0.2) is 59.6 Å². The highest BCUT2D eigenvalue weighted by molar-refractivity contribution is 14.0. The van der Waals surface area contributed by atoms with Crippen molar-refractivity contribution in [3.63, 3.8) is 0 Å². The Balaban J connectivity index is 0.00000280. The van der Waals surface area contributed by atoms with E-state index < -0.39 is 0 Å². The third-order valence-electron chi connectivity index (χ3n) is 4.77. The number of aromatic hydroxyl groups is 1. The van der Waals surface area contributed by atoms with Crippen molar-refractivity contribution in [3.05, 3.63) is 65.7 Å². The number of nitrogens with one attached hydrogen (secondary N) is 2. The Morgan fingerprint density at radius 3 is 2.68 bits per heavy atom. The van der Waals surface area contributed by atoms with Crippen LogP contribution in [0.3, 0.4) is 0 Å². The summed E-state index contributed by atoms with van der Waals surface area (Å²) < 4.78 is 0. The fourth-order valence-corrected chi connectivity index (χ4v) is 3.50. The molecule has 0 bridgehead atoms. The molecule has 152 valence electrons. The van der Waals surface area contributed by atoms with Crippen LogP contribution < -0.4 is 10.6 Å². The summed E-state index contributed by atoms with van der Waals surface area (Å²) in [6.07, 6.45) is 2.35. The number of hydrogen-bond acceptors (Lipinski definition) is 3. The molecule has 28 heavy (non-hydrogen) atoms. The fourth-order valence-electron chi connectivity index (χ4n) is 3.50. The number of phenols is 1. The second-order valence-corrected chi connectivity index (χ2v) is 7.07. The van der Waals surface area contributed by atoms with Gasteiger partial charge in [0.25, 0.3) is 0 Å². The first-order chi connectivity index (χ1) is 13.2. The Morgan fingerprint density at radius 2 is 1.93 bits per heavy atom. The summed E-state index contributed by atoms with van der Waals surface area (Å²) in [6, 6.07) is 18.3. The van der Waals surface area contributed by atoms with Crippen LogP contribution in [0.5, 0.6) is 5.75 Å². The summed E-state index contributed by atoms with van der Waals surface area (Å²) in [7, 11) is 0. The summed E-state index contributed by atoms with van der Waals surface area (Å²) in [5.41, 5.74) is 2.36. The minimum Gasteiger partial charge on any atom is -0.508 e.